The molecule has 0 aromatic heterocycles. The first kappa shape index (κ1) is 15.6. The molecular weight excluding hydrogens is 302 g/mol. The summed E-state index contributed by atoms with van der Waals surface area (Å²) in [7, 11) is 1.67. The van der Waals surface area contributed by atoms with E-state index >= 15 is 0 Å². The van der Waals surface area contributed by atoms with Gasteiger partial charge in [0.2, 0.25) is 0 Å². The van der Waals surface area contributed by atoms with Crippen LogP contribution in [0.1, 0.15) is 17.5 Å². The zero-order valence-corrected chi connectivity index (χ0v) is 13.9. The molecule has 1 heterocycles. The minimum atomic E-state index is -0.861. The lowest BCUT2D eigenvalue weighted by Crippen LogP contribution is -2.47. The van der Waals surface area contributed by atoms with Crippen LogP contribution in [0.4, 0.5) is 0 Å². The number of rotatable bonds is 4. The maximum Gasteiger partial charge on any atom is 0.118 e. The summed E-state index contributed by atoms with van der Waals surface area (Å²) < 4.78 is 10.8. The van der Waals surface area contributed by atoms with Crippen LogP contribution in [0.3, 0.4) is 0 Å². The maximum absolute atomic E-state index is 11.5. The van der Waals surface area contributed by atoms with E-state index in [-0.39, 0.29) is 5.54 Å². The molecule has 2 fully saturated rings. The third-order valence-corrected chi connectivity index (χ3v) is 5.44. The Bertz CT molecular complexity index is 697. The Labute approximate surface area is 142 Å². The van der Waals surface area contributed by atoms with Gasteiger partial charge in [-0.3, -0.25) is 4.90 Å². The highest BCUT2D eigenvalue weighted by Gasteiger charge is 2.71. The Hall–Kier alpha value is -1.88. The Morgan fingerprint density at radius 2 is 1.62 bits per heavy atom. The van der Waals surface area contributed by atoms with Crippen LogP contribution in [0.15, 0.2) is 54.6 Å². The number of hydrogen-bond acceptors (Lipinski definition) is 4. The first-order chi connectivity index (χ1) is 11.7. The van der Waals surface area contributed by atoms with E-state index in [1.54, 1.807) is 7.11 Å². The number of ether oxygens (including phenoxy) is 2. The zero-order chi connectivity index (χ0) is 16.6. The molecule has 4 rings (SSSR count). The Kier molecular flexibility index (Phi) is 3.83. The monoisotopic (exact) mass is 325 g/mol. The van der Waals surface area contributed by atoms with Gasteiger partial charge in [-0.05, 0) is 23.3 Å². The van der Waals surface area contributed by atoms with E-state index in [4.69, 9.17) is 9.47 Å². The molecule has 0 amide bonds. The first-order valence-corrected chi connectivity index (χ1v) is 8.46. The fourth-order valence-electron chi connectivity index (χ4n) is 4.09. The van der Waals surface area contributed by atoms with Gasteiger partial charge < -0.3 is 14.6 Å². The number of benzene rings is 2. The Morgan fingerprint density at radius 3 is 2.25 bits per heavy atom. The number of nitrogens with zero attached hydrogens (tertiary/aromatic N) is 1. The molecule has 4 heteroatoms. The van der Waals surface area contributed by atoms with Crippen LogP contribution in [0.2, 0.25) is 0 Å². The SMILES string of the molecule is COc1ccc([C@]2(N3CCOCC3)C[C@@]2(O)c2ccccc2)cc1. The molecule has 2 aliphatic rings. The molecule has 2 aromatic carbocycles. The van der Waals surface area contributed by atoms with Crippen LogP contribution >= 0.6 is 0 Å². The average Bonchev–Trinajstić information content (AvgIpc) is 3.32. The molecule has 2 aromatic rings. The molecular formula is C20H23NO3. The van der Waals surface area contributed by atoms with Crippen LogP contribution in [0.5, 0.6) is 5.75 Å². The van der Waals surface area contributed by atoms with E-state index in [0.29, 0.717) is 19.6 Å². The molecule has 0 unspecified atom stereocenters. The third-order valence-electron chi connectivity index (χ3n) is 5.44. The van der Waals surface area contributed by atoms with Gasteiger partial charge in [-0.15, -0.1) is 0 Å². The molecule has 0 spiro atoms. The molecule has 4 nitrogen and oxygen atoms in total. The number of morpholine rings is 1. The molecule has 126 valence electrons. The van der Waals surface area contributed by atoms with E-state index < -0.39 is 5.60 Å². The largest absolute Gasteiger partial charge is 0.497 e. The number of aliphatic hydroxyl groups is 1. The van der Waals surface area contributed by atoms with Crippen molar-refractivity contribution in [3.8, 4) is 5.75 Å². The second-order valence-corrected chi connectivity index (χ2v) is 6.59. The molecule has 1 N–H and O–H groups in total. The lowest BCUT2D eigenvalue weighted by Gasteiger charge is -2.38. The highest BCUT2D eigenvalue weighted by molar-refractivity contribution is 5.47. The van der Waals surface area contributed by atoms with E-state index in [0.717, 1.165) is 30.0 Å². The molecule has 0 bridgehead atoms. The summed E-state index contributed by atoms with van der Waals surface area (Å²) in [6, 6.07) is 18.1. The second kappa shape index (κ2) is 5.88. The molecule has 1 saturated carbocycles. The smallest absolute Gasteiger partial charge is 0.118 e. The maximum atomic E-state index is 11.5. The van der Waals surface area contributed by atoms with Crippen LogP contribution < -0.4 is 4.74 Å². The molecule has 0 radical (unpaired) electrons. The van der Waals surface area contributed by atoms with E-state index in [1.165, 1.54) is 0 Å². The molecule has 1 saturated heterocycles. The van der Waals surface area contributed by atoms with Crippen molar-refractivity contribution in [1.82, 2.24) is 4.90 Å². The zero-order valence-electron chi connectivity index (χ0n) is 13.9. The Balaban J connectivity index is 1.76. The summed E-state index contributed by atoms with van der Waals surface area (Å²) >= 11 is 0. The molecule has 1 aliphatic carbocycles. The van der Waals surface area contributed by atoms with Crippen molar-refractivity contribution in [2.24, 2.45) is 0 Å². The fraction of sp³-hybridized carbons (Fsp3) is 0.400. The average molecular weight is 325 g/mol. The lowest BCUT2D eigenvalue weighted by molar-refractivity contribution is -0.0255. The van der Waals surface area contributed by atoms with Crippen LogP contribution in [0, 0.1) is 0 Å². The van der Waals surface area contributed by atoms with Crippen LogP contribution in [0.25, 0.3) is 0 Å². The predicted molar refractivity (Wildman–Crippen MR) is 92.0 cm³/mol. The molecule has 24 heavy (non-hydrogen) atoms. The summed E-state index contributed by atoms with van der Waals surface area (Å²) in [6.45, 7) is 3.09. The van der Waals surface area contributed by atoms with Crippen molar-refractivity contribution in [1.29, 1.82) is 0 Å². The van der Waals surface area contributed by atoms with Crippen molar-refractivity contribution >= 4 is 0 Å². The summed E-state index contributed by atoms with van der Waals surface area (Å²) in [5.41, 5.74) is 0.869. The topological polar surface area (TPSA) is 41.9 Å². The van der Waals surface area contributed by atoms with Crippen LogP contribution in [-0.4, -0.2) is 43.4 Å². The van der Waals surface area contributed by atoms with E-state index in [9.17, 15) is 5.11 Å². The van der Waals surface area contributed by atoms with Crippen molar-refractivity contribution in [3.63, 3.8) is 0 Å². The van der Waals surface area contributed by atoms with Gasteiger partial charge in [-0.25, -0.2) is 0 Å². The summed E-state index contributed by atoms with van der Waals surface area (Å²) in [5, 5.41) is 11.5. The van der Waals surface area contributed by atoms with Gasteiger partial charge in [0.1, 0.15) is 11.4 Å². The third kappa shape index (κ3) is 2.25. The fourth-order valence-corrected chi connectivity index (χ4v) is 4.09. The highest BCUT2D eigenvalue weighted by atomic mass is 16.5. The van der Waals surface area contributed by atoms with Gasteiger partial charge in [-0.2, -0.15) is 0 Å². The van der Waals surface area contributed by atoms with Gasteiger partial charge >= 0.3 is 0 Å². The van der Waals surface area contributed by atoms with Gasteiger partial charge in [0.05, 0.1) is 25.9 Å². The quantitative estimate of drug-likeness (QED) is 0.938. The summed E-state index contributed by atoms with van der Waals surface area (Å²) in [5.74, 6) is 0.833. The summed E-state index contributed by atoms with van der Waals surface area (Å²) in [4.78, 5) is 2.38. The van der Waals surface area contributed by atoms with Crippen LogP contribution in [-0.2, 0) is 15.9 Å². The van der Waals surface area contributed by atoms with Gasteiger partial charge in [0, 0.05) is 19.5 Å². The van der Waals surface area contributed by atoms with Gasteiger partial charge in [-0.1, -0.05) is 42.5 Å². The molecule has 2 atom stereocenters. The number of hydrogen-bond donors (Lipinski definition) is 1. The molecule has 1 aliphatic heterocycles. The minimum Gasteiger partial charge on any atom is -0.497 e. The van der Waals surface area contributed by atoms with E-state index in [1.807, 2.05) is 42.5 Å². The van der Waals surface area contributed by atoms with Crippen molar-refractivity contribution in [3.05, 3.63) is 65.7 Å². The van der Waals surface area contributed by atoms with Crippen molar-refractivity contribution in [2.75, 3.05) is 33.4 Å². The highest BCUT2D eigenvalue weighted by Crippen LogP contribution is 2.65. The summed E-state index contributed by atoms with van der Waals surface area (Å²) in [6.07, 6.45) is 0.705. The van der Waals surface area contributed by atoms with Crippen molar-refractivity contribution < 1.29 is 14.6 Å². The predicted octanol–water partition coefficient (Wildman–Crippen LogP) is 2.51. The first-order valence-electron chi connectivity index (χ1n) is 8.46. The lowest BCUT2D eigenvalue weighted by atomic mass is 9.93. The Morgan fingerprint density at radius 1 is 0.958 bits per heavy atom. The number of methoxy groups -OCH3 is 1. The van der Waals surface area contributed by atoms with E-state index in [2.05, 4.69) is 17.0 Å². The normalized spacial score (nSPS) is 30.1. The van der Waals surface area contributed by atoms with Crippen molar-refractivity contribution in [2.45, 2.75) is 17.6 Å². The minimum absolute atomic E-state index is 0.385. The standard InChI is InChI=1S/C20H23NO3/c1-23-18-9-7-16(8-10-18)19(21-11-13-24-14-12-21)15-20(19,22)17-5-3-2-4-6-17/h2-10,22H,11-15H2,1H3/t19-,20-/m1/s1. The second-order valence-electron chi connectivity index (χ2n) is 6.59. The van der Waals surface area contributed by atoms with Gasteiger partial charge in [0.15, 0.2) is 0 Å². The van der Waals surface area contributed by atoms with Gasteiger partial charge in [0.25, 0.3) is 0 Å².